The molecular weight excluding hydrogens is 440 g/mol. The van der Waals surface area contributed by atoms with Gasteiger partial charge in [-0.3, -0.25) is 4.79 Å². The van der Waals surface area contributed by atoms with Crippen LogP contribution in [0, 0.1) is 6.92 Å². The number of amides is 1. The molecule has 1 amide bonds. The van der Waals surface area contributed by atoms with Gasteiger partial charge in [0.1, 0.15) is 5.82 Å². The maximum absolute atomic E-state index is 12.9. The highest BCUT2D eigenvalue weighted by molar-refractivity contribution is 7.91. The van der Waals surface area contributed by atoms with Gasteiger partial charge in [0.2, 0.25) is 15.8 Å². The number of sulfone groups is 1. The first-order chi connectivity index (χ1) is 15.2. The highest BCUT2D eigenvalue weighted by atomic mass is 32.2. The first-order valence-corrected chi connectivity index (χ1v) is 11.1. The number of halogens is 2. The molecule has 1 aromatic heterocycles. The molecule has 3 aromatic rings. The van der Waals surface area contributed by atoms with E-state index in [1.54, 1.807) is 30.3 Å². The molecule has 8 nitrogen and oxygen atoms in total. The summed E-state index contributed by atoms with van der Waals surface area (Å²) in [7, 11) is -4.92. The lowest BCUT2D eigenvalue weighted by molar-refractivity contribution is 0.102. The Kier molecular flexibility index (Phi) is 6.98. The van der Waals surface area contributed by atoms with Gasteiger partial charge in [-0.05, 0) is 50.2 Å². The number of carbonyl (C=O) groups excluding carboxylic acids is 1. The summed E-state index contributed by atoms with van der Waals surface area (Å²) in [6.45, 7) is 4.46. The van der Waals surface area contributed by atoms with Gasteiger partial charge < -0.3 is 16.0 Å². The Labute approximate surface area is 184 Å². The number of rotatable bonds is 8. The van der Waals surface area contributed by atoms with Gasteiger partial charge in [0.05, 0.1) is 10.5 Å². The van der Waals surface area contributed by atoms with E-state index in [4.69, 9.17) is 0 Å². The monoisotopic (exact) mass is 461 g/mol. The zero-order chi connectivity index (χ0) is 23.3. The van der Waals surface area contributed by atoms with E-state index in [1.165, 1.54) is 18.2 Å². The number of nitrogens with zero attached hydrogens (tertiary/aromatic N) is 2. The SMILES string of the molecule is CCNc1nc(C)cc(Nc2ccc(NC(=O)c3ccccc3S(=O)(=O)C(F)F)cc2)n1. The molecule has 1 heterocycles. The fourth-order valence-corrected chi connectivity index (χ4v) is 3.78. The molecular formula is C21H21F2N5O3S. The molecule has 0 atom stereocenters. The lowest BCUT2D eigenvalue weighted by Crippen LogP contribution is -2.19. The van der Waals surface area contributed by atoms with Gasteiger partial charge in [0.25, 0.3) is 5.91 Å². The standard InChI is InChI=1S/C21H21F2N5O3S/c1-3-24-21-25-13(2)12-18(28-21)26-14-8-10-15(11-9-14)27-19(29)16-6-4-5-7-17(16)32(30,31)20(22)23/h4-12,20H,3H2,1-2H3,(H,27,29)(H2,24,25,26,28). The van der Waals surface area contributed by atoms with Crippen molar-refractivity contribution in [1.29, 1.82) is 0 Å². The van der Waals surface area contributed by atoms with Crippen molar-refractivity contribution in [3.63, 3.8) is 0 Å². The predicted molar refractivity (Wildman–Crippen MR) is 118 cm³/mol. The van der Waals surface area contributed by atoms with Crippen molar-refractivity contribution in [3.05, 3.63) is 65.9 Å². The van der Waals surface area contributed by atoms with Crippen molar-refractivity contribution >= 4 is 38.9 Å². The van der Waals surface area contributed by atoms with Crippen molar-refractivity contribution in [2.24, 2.45) is 0 Å². The summed E-state index contributed by atoms with van der Waals surface area (Å²) in [5, 5.41) is 8.70. The molecule has 3 rings (SSSR count). The summed E-state index contributed by atoms with van der Waals surface area (Å²) in [4.78, 5) is 20.5. The molecule has 0 aliphatic rings. The summed E-state index contributed by atoms with van der Waals surface area (Å²) in [5.41, 5.74) is 1.46. The average molecular weight is 461 g/mol. The predicted octanol–water partition coefficient (Wildman–Crippen LogP) is 4.21. The van der Waals surface area contributed by atoms with Gasteiger partial charge in [0, 0.05) is 29.7 Å². The fourth-order valence-electron chi connectivity index (χ4n) is 2.85. The molecule has 0 spiro atoms. The molecule has 0 saturated carbocycles. The normalized spacial score (nSPS) is 11.3. The van der Waals surface area contributed by atoms with E-state index in [0.717, 1.165) is 11.8 Å². The van der Waals surface area contributed by atoms with Gasteiger partial charge in [-0.15, -0.1) is 0 Å². The van der Waals surface area contributed by atoms with Gasteiger partial charge in [-0.2, -0.15) is 13.8 Å². The number of carbonyl (C=O) groups is 1. The van der Waals surface area contributed by atoms with Crippen LogP contribution in [0.3, 0.4) is 0 Å². The van der Waals surface area contributed by atoms with E-state index in [-0.39, 0.29) is 5.56 Å². The maximum Gasteiger partial charge on any atom is 0.341 e. The molecule has 3 N–H and O–H groups in total. The van der Waals surface area contributed by atoms with Crippen LogP contribution in [-0.4, -0.2) is 36.6 Å². The van der Waals surface area contributed by atoms with Crippen LogP contribution in [0.15, 0.2) is 59.5 Å². The molecule has 11 heteroatoms. The summed E-state index contributed by atoms with van der Waals surface area (Å²) < 4.78 is 49.6. The molecule has 0 bridgehead atoms. The third kappa shape index (κ3) is 5.35. The number of aromatic nitrogens is 2. The van der Waals surface area contributed by atoms with E-state index in [9.17, 15) is 22.0 Å². The van der Waals surface area contributed by atoms with E-state index in [2.05, 4.69) is 25.9 Å². The number of benzene rings is 2. The Morgan fingerprint density at radius 3 is 2.34 bits per heavy atom. The Bertz CT molecular complexity index is 1220. The van der Waals surface area contributed by atoms with Crippen LogP contribution < -0.4 is 16.0 Å². The Hall–Kier alpha value is -3.60. The van der Waals surface area contributed by atoms with Gasteiger partial charge in [-0.25, -0.2) is 13.4 Å². The van der Waals surface area contributed by atoms with Crippen molar-refractivity contribution < 1.29 is 22.0 Å². The minimum absolute atomic E-state index is 0.358. The minimum atomic E-state index is -4.92. The minimum Gasteiger partial charge on any atom is -0.354 e. The zero-order valence-corrected chi connectivity index (χ0v) is 18.1. The van der Waals surface area contributed by atoms with Crippen molar-refractivity contribution in [2.45, 2.75) is 24.5 Å². The Morgan fingerprint density at radius 2 is 1.69 bits per heavy atom. The average Bonchev–Trinajstić information content (AvgIpc) is 2.75. The van der Waals surface area contributed by atoms with Gasteiger partial charge >= 0.3 is 5.76 Å². The number of anilines is 4. The second kappa shape index (κ2) is 9.69. The van der Waals surface area contributed by atoms with Crippen LogP contribution in [0.2, 0.25) is 0 Å². The number of aryl methyl sites for hydroxylation is 1. The van der Waals surface area contributed by atoms with Crippen LogP contribution in [0.1, 0.15) is 23.0 Å². The maximum atomic E-state index is 12.9. The third-order valence-electron chi connectivity index (χ3n) is 4.28. The summed E-state index contributed by atoms with van der Waals surface area (Å²) in [5.74, 6) is -3.36. The highest BCUT2D eigenvalue weighted by Crippen LogP contribution is 2.24. The zero-order valence-electron chi connectivity index (χ0n) is 17.3. The molecule has 2 aromatic carbocycles. The van der Waals surface area contributed by atoms with E-state index >= 15 is 0 Å². The molecule has 0 saturated heterocycles. The molecule has 0 aliphatic carbocycles. The number of alkyl halides is 2. The van der Waals surface area contributed by atoms with Crippen molar-refractivity contribution in [3.8, 4) is 0 Å². The van der Waals surface area contributed by atoms with E-state index in [1.807, 2.05) is 13.8 Å². The second-order valence-electron chi connectivity index (χ2n) is 6.71. The number of hydrogen-bond donors (Lipinski definition) is 3. The summed E-state index contributed by atoms with van der Waals surface area (Å²) in [6.07, 6.45) is 0. The first-order valence-electron chi connectivity index (χ1n) is 9.59. The molecule has 0 radical (unpaired) electrons. The Balaban J connectivity index is 1.76. The molecule has 0 fully saturated rings. The van der Waals surface area contributed by atoms with Crippen LogP contribution in [0.5, 0.6) is 0 Å². The highest BCUT2D eigenvalue weighted by Gasteiger charge is 2.30. The molecule has 0 aliphatic heterocycles. The topological polar surface area (TPSA) is 113 Å². The van der Waals surface area contributed by atoms with Gasteiger partial charge in [0.15, 0.2) is 0 Å². The lowest BCUT2D eigenvalue weighted by atomic mass is 10.2. The van der Waals surface area contributed by atoms with Crippen LogP contribution in [0.4, 0.5) is 31.9 Å². The van der Waals surface area contributed by atoms with E-state index in [0.29, 0.717) is 29.7 Å². The number of nitrogens with one attached hydrogen (secondary N) is 3. The largest absolute Gasteiger partial charge is 0.354 e. The first kappa shape index (κ1) is 23.1. The van der Waals surface area contributed by atoms with Crippen LogP contribution >= 0.6 is 0 Å². The number of hydrogen-bond acceptors (Lipinski definition) is 7. The van der Waals surface area contributed by atoms with Crippen molar-refractivity contribution in [2.75, 3.05) is 22.5 Å². The third-order valence-corrected chi connectivity index (χ3v) is 5.72. The van der Waals surface area contributed by atoms with E-state index < -0.39 is 26.4 Å². The molecule has 168 valence electrons. The quantitative estimate of drug-likeness (QED) is 0.461. The lowest BCUT2D eigenvalue weighted by Gasteiger charge is -2.12. The Morgan fingerprint density at radius 1 is 1.03 bits per heavy atom. The fraction of sp³-hybridized carbons (Fsp3) is 0.190. The summed E-state index contributed by atoms with van der Waals surface area (Å²) >= 11 is 0. The molecule has 32 heavy (non-hydrogen) atoms. The molecule has 0 unspecified atom stereocenters. The van der Waals surface area contributed by atoms with Crippen molar-refractivity contribution in [1.82, 2.24) is 9.97 Å². The second-order valence-corrected chi connectivity index (χ2v) is 8.59. The summed E-state index contributed by atoms with van der Waals surface area (Å²) in [6, 6.07) is 13.2. The van der Waals surface area contributed by atoms with Crippen LogP contribution in [-0.2, 0) is 9.84 Å². The smallest absolute Gasteiger partial charge is 0.341 e. The van der Waals surface area contributed by atoms with Crippen LogP contribution in [0.25, 0.3) is 0 Å². The van der Waals surface area contributed by atoms with Gasteiger partial charge in [-0.1, -0.05) is 12.1 Å².